The lowest BCUT2D eigenvalue weighted by Crippen LogP contribution is -2.42. The van der Waals surface area contributed by atoms with E-state index in [0.717, 1.165) is 0 Å². The van der Waals surface area contributed by atoms with Crippen molar-refractivity contribution in [1.29, 1.82) is 0 Å². The van der Waals surface area contributed by atoms with Crippen LogP contribution in [0, 0.1) is 0 Å². The SMILES string of the molecule is O=C(O)C1(c2ccc(Cl)o2)CCC(F)(F)CC1. The summed E-state index contributed by atoms with van der Waals surface area (Å²) in [4.78, 5) is 11.3. The van der Waals surface area contributed by atoms with Crippen LogP contribution in [0.1, 0.15) is 31.4 Å². The van der Waals surface area contributed by atoms with Gasteiger partial charge in [0.15, 0.2) is 5.22 Å². The zero-order valence-corrected chi connectivity index (χ0v) is 9.64. The van der Waals surface area contributed by atoms with Gasteiger partial charge in [0, 0.05) is 12.8 Å². The minimum atomic E-state index is -2.78. The first-order chi connectivity index (χ1) is 7.86. The number of carboxylic acids is 1. The van der Waals surface area contributed by atoms with Crippen molar-refractivity contribution >= 4 is 17.6 Å². The molecule has 0 unspecified atom stereocenters. The predicted molar refractivity (Wildman–Crippen MR) is 56.4 cm³/mol. The van der Waals surface area contributed by atoms with Gasteiger partial charge in [-0.05, 0) is 36.6 Å². The summed E-state index contributed by atoms with van der Waals surface area (Å²) in [5.41, 5.74) is -1.37. The molecule has 0 aromatic carbocycles. The number of aliphatic carboxylic acids is 1. The van der Waals surface area contributed by atoms with Crippen LogP contribution in [0.5, 0.6) is 0 Å². The molecule has 1 heterocycles. The van der Waals surface area contributed by atoms with Gasteiger partial charge in [-0.25, -0.2) is 8.78 Å². The van der Waals surface area contributed by atoms with Gasteiger partial charge in [0.1, 0.15) is 11.2 Å². The van der Waals surface area contributed by atoms with Crippen LogP contribution >= 0.6 is 11.6 Å². The molecule has 0 amide bonds. The van der Waals surface area contributed by atoms with E-state index in [0.29, 0.717) is 0 Å². The summed E-state index contributed by atoms with van der Waals surface area (Å²) >= 11 is 5.59. The molecular formula is C11H11ClF2O3. The third-order valence-corrected chi connectivity index (χ3v) is 3.49. The van der Waals surface area contributed by atoms with E-state index in [1.165, 1.54) is 12.1 Å². The van der Waals surface area contributed by atoms with E-state index in [1.807, 2.05) is 0 Å². The Labute approximate surface area is 101 Å². The molecule has 17 heavy (non-hydrogen) atoms. The number of hydrogen-bond acceptors (Lipinski definition) is 2. The van der Waals surface area contributed by atoms with Crippen LogP contribution in [0.3, 0.4) is 0 Å². The molecule has 0 aliphatic heterocycles. The fourth-order valence-corrected chi connectivity index (χ4v) is 2.33. The van der Waals surface area contributed by atoms with E-state index in [4.69, 9.17) is 16.0 Å². The molecule has 0 bridgehead atoms. The van der Waals surface area contributed by atoms with Crippen molar-refractivity contribution in [3.63, 3.8) is 0 Å². The van der Waals surface area contributed by atoms with Crippen LogP contribution in [0.2, 0.25) is 5.22 Å². The average Bonchev–Trinajstić information content (AvgIpc) is 2.65. The van der Waals surface area contributed by atoms with Gasteiger partial charge in [0.25, 0.3) is 0 Å². The summed E-state index contributed by atoms with van der Waals surface area (Å²) < 4.78 is 31.3. The van der Waals surface area contributed by atoms with E-state index < -0.39 is 30.1 Å². The van der Waals surface area contributed by atoms with E-state index in [1.54, 1.807) is 0 Å². The molecule has 1 N–H and O–H groups in total. The normalized spacial score (nSPS) is 22.3. The molecule has 94 valence electrons. The highest BCUT2D eigenvalue weighted by Gasteiger charge is 2.51. The van der Waals surface area contributed by atoms with Crippen molar-refractivity contribution in [3.8, 4) is 0 Å². The summed E-state index contributed by atoms with van der Waals surface area (Å²) in [6, 6.07) is 2.87. The summed E-state index contributed by atoms with van der Waals surface area (Å²) in [5.74, 6) is -3.76. The van der Waals surface area contributed by atoms with Crippen molar-refractivity contribution in [2.24, 2.45) is 0 Å². The van der Waals surface area contributed by atoms with Gasteiger partial charge in [-0.3, -0.25) is 4.79 Å². The Hall–Kier alpha value is -1.10. The topological polar surface area (TPSA) is 50.4 Å². The molecule has 1 aliphatic rings. The van der Waals surface area contributed by atoms with Crippen LogP contribution in [0.25, 0.3) is 0 Å². The van der Waals surface area contributed by atoms with Gasteiger partial charge >= 0.3 is 5.97 Å². The van der Waals surface area contributed by atoms with Crippen LogP contribution < -0.4 is 0 Å². The average molecular weight is 265 g/mol. The molecule has 0 radical (unpaired) electrons. The maximum absolute atomic E-state index is 13.1. The van der Waals surface area contributed by atoms with Crippen molar-refractivity contribution in [2.45, 2.75) is 37.0 Å². The van der Waals surface area contributed by atoms with Crippen molar-refractivity contribution in [1.82, 2.24) is 0 Å². The van der Waals surface area contributed by atoms with Crippen molar-refractivity contribution in [2.75, 3.05) is 0 Å². The molecule has 1 saturated carbocycles. The first-order valence-corrected chi connectivity index (χ1v) is 5.61. The maximum atomic E-state index is 13.1. The summed E-state index contributed by atoms with van der Waals surface area (Å²) in [6.07, 6.45) is -1.17. The number of halogens is 3. The molecule has 1 aromatic heterocycles. The molecule has 0 spiro atoms. The Morgan fingerprint density at radius 1 is 1.29 bits per heavy atom. The molecule has 0 atom stereocenters. The number of hydrogen-bond donors (Lipinski definition) is 1. The highest BCUT2D eigenvalue weighted by molar-refractivity contribution is 6.28. The Bertz CT molecular complexity index is 432. The zero-order valence-electron chi connectivity index (χ0n) is 8.88. The number of carboxylic acid groups (broad SMARTS) is 1. The molecule has 1 aromatic rings. The van der Waals surface area contributed by atoms with Crippen LogP contribution in [0.15, 0.2) is 16.5 Å². The Morgan fingerprint density at radius 3 is 2.29 bits per heavy atom. The summed E-state index contributed by atoms with van der Waals surface area (Å²) in [5, 5.41) is 9.34. The largest absolute Gasteiger partial charge is 0.480 e. The highest BCUT2D eigenvalue weighted by atomic mass is 35.5. The van der Waals surface area contributed by atoms with E-state index in [9.17, 15) is 18.7 Å². The van der Waals surface area contributed by atoms with E-state index in [2.05, 4.69) is 0 Å². The first-order valence-electron chi connectivity index (χ1n) is 5.23. The van der Waals surface area contributed by atoms with Gasteiger partial charge in [0.05, 0.1) is 0 Å². The second kappa shape index (κ2) is 3.98. The zero-order chi connectivity index (χ0) is 12.7. The molecule has 6 heteroatoms. The Kier molecular flexibility index (Phi) is 2.89. The Balaban J connectivity index is 2.33. The molecule has 1 fully saturated rings. The number of carbonyl (C=O) groups is 1. The molecule has 0 saturated heterocycles. The van der Waals surface area contributed by atoms with E-state index in [-0.39, 0.29) is 23.8 Å². The van der Waals surface area contributed by atoms with Gasteiger partial charge in [-0.2, -0.15) is 0 Å². The number of rotatable bonds is 2. The van der Waals surface area contributed by atoms with Crippen molar-refractivity contribution < 1.29 is 23.1 Å². The summed E-state index contributed by atoms with van der Waals surface area (Å²) in [6.45, 7) is 0. The molecule has 3 nitrogen and oxygen atoms in total. The molecule has 2 rings (SSSR count). The summed E-state index contributed by atoms with van der Waals surface area (Å²) in [7, 11) is 0. The lowest BCUT2D eigenvalue weighted by Gasteiger charge is -2.35. The monoisotopic (exact) mass is 264 g/mol. The van der Waals surface area contributed by atoms with Gasteiger partial charge in [0.2, 0.25) is 5.92 Å². The minimum Gasteiger partial charge on any atom is -0.480 e. The highest BCUT2D eigenvalue weighted by Crippen LogP contribution is 2.46. The van der Waals surface area contributed by atoms with Crippen molar-refractivity contribution in [3.05, 3.63) is 23.1 Å². The third kappa shape index (κ3) is 2.16. The quantitative estimate of drug-likeness (QED) is 0.890. The lowest BCUT2D eigenvalue weighted by atomic mass is 9.71. The fourth-order valence-electron chi connectivity index (χ4n) is 2.18. The van der Waals surface area contributed by atoms with Crippen LogP contribution in [0.4, 0.5) is 8.78 Å². The third-order valence-electron chi connectivity index (χ3n) is 3.29. The fraction of sp³-hybridized carbons (Fsp3) is 0.545. The van der Waals surface area contributed by atoms with Gasteiger partial charge in [-0.15, -0.1) is 0 Å². The van der Waals surface area contributed by atoms with Gasteiger partial charge < -0.3 is 9.52 Å². The Morgan fingerprint density at radius 2 is 1.88 bits per heavy atom. The van der Waals surface area contributed by atoms with E-state index >= 15 is 0 Å². The number of alkyl halides is 2. The van der Waals surface area contributed by atoms with Crippen LogP contribution in [-0.4, -0.2) is 17.0 Å². The number of furan rings is 1. The van der Waals surface area contributed by atoms with Crippen LogP contribution in [-0.2, 0) is 10.2 Å². The van der Waals surface area contributed by atoms with Gasteiger partial charge in [-0.1, -0.05) is 0 Å². The second-order valence-corrected chi connectivity index (χ2v) is 4.72. The smallest absolute Gasteiger partial charge is 0.317 e. The minimum absolute atomic E-state index is 0.0676. The molecular weight excluding hydrogens is 254 g/mol. The standard InChI is InChI=1S/C11H11ClF2O3/c12-8-2-1-7(17-8)10(9(15)16)3-5-11(13,14)6-4-10/h1-2H,3-6H2,(H,15,16). The first kappa shape index (κ1) is 12.4. The maximum Gasteiger partial charge on any atom is 0.317 e. The lowest BCUT2D eigenvalue weighted by molar-refractivity contribution is -0.150. The second-order valence-electron chi connectivity index (χ2n) is 4.35. The predicted octanol–water partition coefficient (Wildman–Crippen LogP) is 3.46. The molecule has 1 aliphatic carbocycles.